The molecule has 2 N–H and O–H groups in total. The summed E-state index contributed by atoms with van der Waals surface area (Å²) in [6, 6.07) is 4.04. The number of piperidine rings is 1. The van der Waals surface area contributed by atoms with E-state index in [2.05, 4.69) is 32.4 Å². The van der Waals surface area contributed by atoms with Crippen LogP contribution in [-0.4, -0.2) is 50.1 Å². The molecule has 0 aromatic carbocycles. The van der Waals surface area contributed by atoms with E-state index in [0.717, 1.165) is 38.7 Å². The summed E-state index contributed by atoms with van der Waals surface area (Å²) in [5.74, 6) is 0.243. The topological polar surface area (TPSA) is 111 Å². The van der Waals surface area contributed by atoms with E-state index in [9.17, 15) is 4.79 Å². The minimum Gasteiger partial charge on any atom is -0.379 e. The molecule has 9 heteroatoms. The number of nitriles is 1. The molecule has 2 atom stereocenters. The molecule has 1 aliphatic heterocycles. The van der Waals surface area contributed by atoms with Crippen LogP contribution in [-0.2, 0) is 4.79 Å². The van der Waals surface area contributed by atoms with E-state index in [1.807, 2.05) is 31.5 Å². The number of rotatable bonds is 4. The Hall–Kier alpha value is -2.99. The average Bonchev–Trinajstić information content (AvgIpc) is 3.30. The lowest BCUT2D eigenvalue weighted by Crippen LogP contribution is -2.48. The van der Waals surface area contributed by atoms with Crippen molar-refractivity contribution in [1.82, 2.24) is 25.1 Å². The van der Waals surface area contributed by atoms with Gasteiger partial charge in [-0.1, -0.05) is 18.3 Å². The Kier molecular flexibility index (Phi) is 4.96. The number of carbonyl (C=O) groups excluding carboxylic acids is 1. The number of nitrogens with zero attached hydrogens (tertiary/aromatic N) is 5. The van der Waals surface area contributed by atoms with Crippen LogP contribution in [0.1, 0.15) is 24.8 Å². The SMILES string of the molecule is Cc1nnc(-c2cnc3[nH]ccc3c2N[C@@H]2C[C@H](C)CN(C(=O)CC#N)C2)s1. The number of hydrogen-bond donors (Lipinski definition) is 2. The number of aromatic nitrogens is 4. The maximum atomic E-state index is 12.2. The van der Waals surface area contributed by atoms with E-state index < -0.39 is 0 Å². The third-order valence-corrected chi connectivity index (χ3v) is 5.81. The number of hydrogen-bond acceptors (Lipinski definition) is 7. The first kappa shape index (κ1) is 18.4. The van der Waals surface area contributed by atoms with Crippen LogP contribution in [0.5, 0.6) is 0 Å². The lowest BCUT2D eigenvalue weighted by atomic mass is 9.95. The molecular formula is C19H21N7OS. The fourth-order valence-corrected chi connectivity index (χ4v) is 4.48. The molecule has 0 bridgehead atoms. The van der Waals surface area contributed by atoms with Crippen molar-refractivity contribution in [3.8, 4) is 16.6 Å². The summed E-state index contributed by atoms with van der Waals surface area (Å²) >= 11 is 1.53. The summed E-state index contributed by atoms with van der Waals surface area (Å²) in [4.78, 5) is 21.7. The van der Waals surface area contributed by atoms with Crippen LogP contribution in [0.15, 0.2) is 18.5 Å². The summed E-state index contributed by atoms with van der Waals surface area (Å²) in [5.41, 5.74) is 2.66. The van der Waals surface area contributed by atoms with E-state index in [0.29, 0.717) is 19.0 Å². The molecule has 1 fully saturated rings. The Bertz CT molecular complexity index is 1050. The number of likely N-dealkylation sites (tertiary alicyclic amines) is 1. The molecule has 28 heavy (non-hydrogen) atoms. The van der Waals surface area contributed by atoms with Crippen LogP contribution < -0.4 is 5.32 Å². The molecular weight excluding hydrogens is 374 g/mol. The average molecular weight is 395 g/mol. The highest BCUT2D eigenvalue weighted by Crippen LogP contribution is 2.36. The van der Waals surface area contributed by atoms with Gasteiger partial charge in [-0.3, -0.25) is 4.79 Å². The van der Waals surface area contributed by atoms with Crippen LogP contribution in [0.4, 0.5) is 5.69 Å². The summed E-state index contributed by atoms with van der Waals surface area (Å²) < 4.78 is 0. The second-order valence-electron chi connectivity index (χ2n) is 7.23. The predicted octanol–water partition coefficient (Wildman–Crippen LogP) is 2.95. The number of H-pyrrole nitrogens is 1. The Morgan fingerprint density at radius 2 is 2.32 bits per heavy atom. The van der Waals surface area contributed by atoms with Crippen LogP contribution in [0.3, 0.4) is 0 Å². The smallest absolute Gasteiger partial charge is 0.236 e. The van der Waals surface area contributed by atoms with Crippen molar-refractivity contribution in [1.29, 1.82) is 5.26 Å². The molecule has 8 nitrogen and oxygen atoms in total. The Labute approximate surface area is 166 Å². The zero-order valence-electron chi connectivity index (χ0n) is 15.8. The number of nitrogens with one attached hydrogen (secondary N) is 2. The monoisotopic (exact) mass is 395 g/mol. The summed E-state index contributed by atoms with van der Waals surface area (Å²) in [7, 11) is 0. The van der Waals surface area contributed by atoms with Gasteiger partial charge in [0.05, 0.1) is 17.3 Å². The highest BCUT2D eigenvalue weighted by molar-refractivity contribution is 7.14. The van der Waals surface area contributed by atoms with Crippen LogP contribution in [0.25, 0.3) is 21.6 Å². The highest BCUT2D eigenvalue weighted by atomic mass is 32.1. The van der Waals surface area contributed by atoms with Crippen molar-refractivity contribution in [2.24, 2.45) is 5.92 Å². The zero-order chi connectivity index (χ0) is 19.7. The van der Waals surface area contributed by atoms with Gasteiger partial charge in [-0.25, -0.2) is 4.98 Å². The molecule has 0 aliphatic carbocycles. The fraction of sp³-hybridized carbons (Fsp3) is 0.421. The van der Waals surface area contributed by atoms with E-state index in [4.69, 9.17) is 5.26 Å². The van der Waals surface area contributed by atoms with Crippen molar-refractivity contribution >= 4 is 34.0 Å². The standard InChI is InChI=1S/C19H21N7OS/c1-11-7-13(10-26(9-11)16(27)3-5-20)23-17-14-4-6-21-18(14)22-8-15(17)19-25-24-12(2)28-19/h4,6,8,11,13H,3,7,9-10H2,1-2H3,(H2,21,22,23)/t11-,13+/m0/s1. The van der Waals surface area contributed by atoms with Crippen molar-refractivity contribution < 1.29 is 4.79 Å². The second-order valence-corrected chi connectivity index (χ2v) is 8.41. The first-order valence-corrected chi connectivity index (χ1v) is 10.0. The predicted molar refractivity (Wildman–Crippen MR) is 108 cm³/mol. The number of pyridine rings is 1. The van der Waals surface area contributed by atoms with Gasteiger partial charge in [0.15, 0.2) is 5.01 Å². The minimum absolute atomic E-state index is 0.0773. The zero-order valence-corrected chi connectivity index (χ0v) is 16.6. The van der Waals surface area contributed by atoms with Gasteiger partial charge in [-0.05, 0) is 25.3 Å². The molecule has 3 aromatic rings. The number of amides is 1. The maximum Gasteiger partial charge on any atom is 0.236 e. The third kappa shape index (κ3) is 3.55. The largest absolute Gasteiger partial charge is 0.379 e. The van der Waals surface area contributed by atoms with E-state index in [-0.39, 0.29) is 18.4 Å². The molecule has 0 spiro atoms. The van der Waals surface area contributed by atoms with Gasteiger partial charge in [-0.15, -0.1) is 10.2 Å². The number of aryl methyl sites for hydroxylation is 1. The van der Waals surface area contributed by atoms with Gasteiger partial charge in [0.25, 0.3) is 0 Å². The Morgan fingerprint density at radius 3 is 3.07 bits per heavy atom. The summed E-state index contributed by atoms with van der Waals surface area (Å²) in [5, 5.41) is 23.6. The Balaban J connectivity index is 1.67. The molecule has 144 valence electrons. The van der Waals surface area contributed by atoms with Crippen molar-refractivity contribution in [3.63, 3.8) is 0 Å². The number of fused-ring (bicyclic) bond motifs is 1. The van der Waals surface area contributed by atoms with Gasteiger partial charge >= 0.3 is 0 Å². The molecule has 0 saturated carbocycles. The normalized spacial score (nSPS) is 19.5. The molecule has 3 aromatic heterocycles. The van der Waals surface area contributed by atoms with Crippen LogP contribution >= 0.6 is 11.3 Å². The van der Waals surface area contributed by atoms with Gasteiger partial charge in [0, 0.05) is 36.9 Å². The highest BCUT2D eigenvalue weighted by Gasteiger charge is 2.29. The van der Waals surface area contributed by atoms with E-state index in [1.165, 1.54) is 11.3 Å². The fourth-order valence-electron chi connectivity index (χ4n) is 3.77. The molecule has 4 heterocycles. The van der Waals surface area contributed by atoms with Gasteiger partial charge in [0.2, 0.25) is 5.91 Å². The quantitative estimate of drug-likeness (QED) is 0.703. The molecule has 1 aliphatic rings. The summed E-state index contributed by atoms with van der Waals surface area (Å²) in [6.45, 7) is 5.33. The van der Waals surface area contributed by atoms with Gasteiger partial charge < -0.3 is 15.2 Å². The number of anilines is 1. The third-order valence-electron chi connectivity index (χ3n) is 4.93. The van der Waals surface area contributed by atoms with Crippen molar-refractivity contribution in [2.45, 2.75) is 32.7 Å². The number of carbonyl (C=O) groups is 1. The van der Waals surface area contributed by atoms with E-state index in [1.54, 1.807) is 4.90 Å². The first-order valence-electron chi connectivity index (χ1n) is 9.23. The second kappa shape index (κ2) is 7.56. The lowest BCUT2D eigenvalue weighted by Gasteiger charge is -2.37. The van der Waals surface area contributed by atoms with E-state index >= 15 is 0 Å². The summed E-state index contributed by atoms with van der Waals surface area (Å²) in [6.07, 6.45) is 4.54. The molecule has 1 amide bonds. The minimum atomic E-state index is -0.109. The molecule has 1 saturated heterocycles. The van der Waals surface area contributed by atoms with Gasteiger partial charge in [0.1, 0.15) is 17.1 Å². The molecule has 4 rings (SSSR count). The maximum absolute atomic E-state index is 12.2. The number of aromatic amines is 1. The van der Waals surface area contributed by atoms with Crippen molar-refractivity contribution in [3.05, 3.63) is 23.5 Å². The van der Waals surface area contributed by atoms with Crippen LogP contribution in [0, 0.1) is 24.2 Å². The van der Waals surface area contributed by atoms with Gasteiger partial charge in [-0.2, -0.15) is 5.26 Å². The van der Waals surface area contributed by atoms with Crippen molar-refractivity contribution in [2.75, 3.05) is 18.4 Å². The first-order chi connectivity index (χ1) is 13.5. The molecule has 0 radical (unpaired) electrons. The Morgan fingerprint density at radius 1 is 1.46 bits per heavy atom. The van der Waals surface area contributed by atoms with Crippen LogP contribution in [0.2, 0.25) is 0 Å². The molecule has 0 unspecified atom stereocenters. The lowest BCUT2D eigenvalue weighted by molar-refractivity contribution is -0.132.